The molecular weight excluding hydrogens is 346 g/mol. The van der Waals surface area contributed by atoms with E-state index in [0.717, 1.165) is 44.3 Å². The number of benzene rings is 1. The fraction of sp³-hybridized carbons (Fsp3) is 0.579. The van der Waals surface area contributed by atoms with Crippen molar-refractivity contribution >= 4 is 22.8 Å². The lowest BCUT2D eigenvalue weighted by Gasteiger charge is -2.39. The number of hydrogen-bond donors (Lipinski definition) is 1. The molecular formula is C19H25N5O3. The number of nitrogens with one attached hydrogen (secondary N) is 1. The largest absolute Gasteiger partial charge is 0.385 e. The van der Waals surface area contributed by atoms with E-state index < -0.39 is 5.41 Å². The maximum absolute atomic E-state index is 13.1. The molecule has 0 saturated carbocycles. The number of fused-ring (bicyclic) bond motifs is 1. The van der Waals surface area contributed by atoms with Crippen LogP contribution >= 0.6 is 0 Å². The Hall–Kier alpha value is -2.48. The minimum absolute atomic E-state index is 0.0407. The molecule has 1 N–H and O–H groups in total. The zero-order valence-corrected chi connectivity index (χ0v) is 15.6. The molecule has 1 unspecified atom stereocenters. The van der Waals surface area contributed by atoms with Gasteiger partial charge in [0.2, 0.25) is 5.91 Å². The SMILES string of the molecule is COCCCN1CCCC2(CCN(C(=O)c3ccc4n[nH]nc4c3)C2)C1=O. The van der Waals surface area contributed by atoms with E-state index in [0.29, 0.717) is 30.8 Å². The first kappa shape index (κ1) is 17.9. The van der Waals surface area contributed by atoms with Crippen LogP contribution in [0.2, 0.25) is 0 Å². The zero-order chi connectivity index (χ0) is 18.9. The highest BCUT2D eigenvalue weighted by atomic mass is 16.5. The molecule has 2 fully saturated rings. The molecule has 27 heavy (non-hydrogen) atoms. The fourth-order valence-corrected chi connectivity index (χ4v) is 4.35. The van der Waals surface area contributed by atoms with E-state index >= 15 is 0 Å². The lowest BCUT2D eigenvalue weighted by molar-refractivity contribution is -0.145. The number of methoxy groups -OCH3 is 1. The number of carbonyl (C=O) groups is 2. The molecule has 0 radical (unpaired) electrons. The number of piperidine rings is 1. The van der Waals surface area contributed by atoms with Gasteiger partial charge in [-0.25, -0.2) is 0 Å². The minimum Gasteiger partial charge on any atom is -0.385 e. The van der Waals surface area contributed by atoms with Crippen molar-refractivity contribution in [2.75, 3.05) is 39.9 Å². The summed E-state index contributed by atoms with van der Waals surface area (Å²) in [7, 11) is 1.68. The summed E-state index contributed by atoms with van der Waals surface area (Å²) in [5, 5.41) is 10.6. The van der Waals surface area contributed by atoms with E-state index in [9.17, 15) is 9.59 Å². The summed E-state index contributed by atoms with van der Waals surface area (Å²) in [4.78, 5) is 29.9. The molecule has 8 nitrogen and oxygen atoms in total. The van der Waals surface area contributed by atoms with Gasteiger partial charge in [0, 0.05) is 45.5 Å². The normalized spacial score (nSPS) is 22.9. The Kier molecular flexibility index (Phi) is 4.82. The molecule has 2 saturated heterocycles. The second-order valence-electron chi connectivity index (χ2n) is 7.53. The Morgan fingerprint density at radius 1 is 1.26 bits per heavy atom. The number of nitrogens with zero attached hydrogens (tertiary/aromatic N) is 4. The monoisotopic (exact) mass is 371 g/mol. The van der Waals surface area contributed by atoms with E-state index in [1.165, 1.54) is 0 Å². The number of carbonyl (C=O) groups excluding carboxylic acids is 2. The smallest absolute Gasteiger partial charge is 0.253 e. The van der Waals surface area contributed by atoms with Gasteiger partial charge in [0.1, 0.15) is 11.0 Å². The van der Waals surface area contributed by atoms with Gasteiger partial charge in [-0.3, -0.25) is 9.59 Å². The van der Waals surface area contributed by atoms with Crippen molar-refractivity contribution < 1.29 is 14.3 Å². The minimum atomic E-state index is -0.418. The van der Waals surface area contributed by atoms with Gasteiger partial charge in [-0.15, -0.1) is 0 Å². The van der Waals surface area contributed by atoms with Crippen molar-refractivity contribution in [1.82, 2.24) is 25.2 Å². The first-order valence-corrected chi connectivity index (χ1v) is 9.51. The Labute approximate surface area is 157 Å². The van der Waals surface area contributed by atoms with E-state index in [4.69, 9.17) is 4.74 Å². The Bertz CT molecular complexity index is 851. The summed E-state index contributed by atoms with van der Waals surface area (Å²) in [6.07, 6.45) is 3.44. The van der Waals surface area contributed by atoms with E-state index in [-0.39, 0.29) is 11.8 Å². The van der Waals surface area contributed by atoms with Crippen LogP contribution in [0.4, 0.5) is 0 Å². The lowest BCUT2D eigenvalue weighted by Crippen LogP contribution is -2.50. The summed E-state index contributed by atoms with van der Waals surface area (Å²) in [5.41, 5.74) is 1.58. The number of ether oxygens (including phenoxy) is 1. The van der Waals surface area contributed by atoms with Crippen molar-refractivity contribution in [1.29, 1.82) is 0 Å². The zero-order valence-electron chi connectivity index (χ0n) is 15.6. The maximum Gasteiger partial charge on any atom is 0.253 e. The molecule has 2 amide bonds. The number of likely N-dealkylation sites (tertiary alicyclic amines) is 2. The lowest BCUT2D eigenvalue weighted by atomic mass is 9.78. The second-order valence-corrected chi connectivity index (χ2v) is 7.53. The van der Waals surface area contributed by atoms with Crippen molar-refractivity contribution in [2.24, 2.45) is 5.41 Å². The molecule has 1 atom stereocenters. The highest BCUT2D eigenvalue weighted by Gasteiger charge is 2.49. The molecule has 1 aromatic carbocycles. The van der Waals surface area contributed by atoms with Gasteiger partial charge >= 0.3 is 0 Å². The quantitative estimate of drug-likeness (QED) is 0.803. The summed E-state index contributed by atoms with van der Waals surface area (Å²) >= 11 is 0. The van der Waals surface area contributed by atoms with Gasteiger partial charge in [-0.2, -0.15) is 15.4 Å². The highest BCUT2D eigenvalue weighted by molar-refractivity contribution is 5.98. The first-order chi connectivity index (χ1) is 13.1. The Morgan fingerprint density at radius 2 is 2.11 bits per heavy atom. The number of H-pyrrole nitrogens is 1. The molecule has 4 rings (SSSR count). The summed E-state index contributed by atoms with van der Waals surface area (Å²) in [6.45, 7) is 3.31. The number of rotatable bonds is 5. The van der Waals surface area contributed by atoms with Gasteiger partial charge in [0.15, 0.2) is 0 Å². The molecule has 1 aromatic heterocycles. The average molecular weight is 371 g/mol. The third-order valence-corrected chi connectivity index (χ3v) is 5.81. The number of hydrogen-bond acceptors (Lipinski definition) is 5. The van der Waals surface area contributed by atoms with Crippen LogP contribution in [-0.4, -0.2) is 76.9 Å². The standard InChI is InChI=1S/C19H25N5O3/c1-27-11-3-9-23-8-2-6-19(18(23)26)7-10-24(13-19)17(25)14-4-5-15-16(12-14)21-22-20-15/h4-5,12H,2-3,6-11,13H2,1H3,(H,20,21,22). The number of aromatic nitrogens is 3. The van der Waals surface area contributed by atoms with Crippen molar-refractivity contribution in [3.8, 4) is 0 Å². The Balaban J connectivity index is 1.46. The van der Waals surface area contributed by atoms with Crippen LogP contribution in [0, 0.1) is 5.41 Å². The first-order valence-electron chi connectivity index (χ1n) is 9.51. The van der Waals surface area contributed by atoms with Crippen LogP contribution in [0.3, 0.4) is 0 Å². The highest BCUT2D eigenvalue weighted by Crippen LogP contribution is 2.40. The van der Waals surface area contributed by atoms with Gasteiger partial charge in [-0.05, 0) is 43.9 Å². The second kappa shape index (κ2) is 7.26. The van der Waals surface area contributed by atoms with Gasteiger partial charge in [-0.1, -0.05) is 0 Å². The molecule has 1 spiro atoms. The van der Waals surface area contributed by atoms with Crippen LogP contribution in [0.15, 0.2) is 18.2 Å². The fourth-order valence-electron chi connectivity index (χ4n) is 4.35. The van der Waals surface area contributed by atoms with Crippen LogP contribution in [0.5, 0.6) is 0 Å². The van der Waals surface area contributed by atoms with Crippen LogP contribution in [-0.2, 0) is 9.53 Å². The van der Waals surface area contributed by atoms with Crippen molar-refractivity contribution in [3.05, 3.63) is 23.8 Å². The average Bonchev–Trinajstić information content (AvgIpc) is 3.32. The van der Waals surface area contributed by atoms with E-state index in [1.54, 1.807) is 25.3 Å². The Morgan fingerprint density at radius 3 is 2.96 bits per heavy atom. The van der Waals surface area contributed by atoms with E-state index in [1.807, 2.05) is 9.80 Å². The summed E-state index contributed by atoms with van der Waals surface area (Å²) in [5.74, 6) is 0.160. The van der Waals surface area contributed by atoms with Gasteiger partial charge < -0.3 is 14.5 Å². The van der Waals surface area contributed by atoms with Crippen molar-refractivity contribution in [2.45, 2.75) is 25.7 Å². The van der Waals surface area contributed by atoms with Gasteiger partial charge in [0.05, 0.1) is 5.41 Å². The molecule has 2 aromatic rings. The predicted octanol–water partition coefficient (Wildman–Crippen LogP) is 1.45. The van der Waals surface area contributed by atoms with E-state index in [2.05, 4.69) is 15.4 Å². The summed E-state index contributed by atoms with van der Waals surface area (Å²) in [6, 6.07) is 5.32. The molecule has 0 bridgehead atoms. The third-order valence-electron chi connectivity index (χ3n) is 5.81. The van der Waals surface area contributed by atoms with Crippen LogP contribution in [0.1, 0.15) is 36.0 Å². The molecule has 3 heterocycles. The van der Waals surface area contributed by atoms with Gasteiger partial charge in [0.25, 0.3) is 5.91 Å². The molecule has 144 valence electrons. The third kappa shape index (κ3) is 3.29. The van der Waals surface area contributed by atoms with Crippen LogP contribution < -0.4 is 0 Å². The van der Waals surface area contributed by atoms with Crippen molar-refractivity contribution in [3.63, 3.8) is 0 Å². The summed E-state index contributed by atoms with van der Waals surface area (Å²) < 4.78 is 5.10. The maximum atomic E-state index is 13.1. The predicted molar refractivity (Wildman–Crippen MR) is 99.1 cm³/mol. The molecule has 8 heteroatoms. The number of amides is 2. The van der Waals surface area contributed by atoms with Crippen LogP contribution in [0.25, 0.3) is 11.0 Å². The number of aromatic amines is 1. The molecule has 2 aliphatic rings. The molecule has 2 aliphatic heterocycles. The topological polar surface area (TPSA) is 91.4 Å². The molecule has 0 aliphatic carbocycles.